The van der Waals surface area contributed by atoms with Gasteiger partial charge >= 0.3 is 0 Å². The second-order valence-corrected chi connectivity index (χ2v) is 17.2. The standard InChI is InChI=1S/C49H45BN2S/c1-30-27-39-44-40(28-30)52-45-36(48(5)25-10-11-26-49(48,52)6)15-12-16-37(45)50(44)38-23-24-41-43(35-22-19-33(47(2,3)4)29-42(35)53-41)46(38)51(39)34-20-17-32(18-21-34)31-13-8-7-9-14-31/h7-9,12-24,27-29H,10-11,25-26H2,1-6H3/i7D,8D,9D,12D,13D,14D,15D,16D,17D,18D,19D,20D,21D,22D,23D,24D,27D,28D,29D. The summed E-state index contributed by atoms with van der Waals surface area (Å²) in [5.41, 5.74) is -2.54. The van der Waals surface area contributed by atoms with Crippen LogP contribution in [0.15, 0.2) is 115 Å². The van der Waals surface area contributed by atoms with Crippen LogP contribution in [-0.2, 0) is 10.8 Å². The van der Waals surface area contributed by atoms with Crippen LogP contribution in [0.25, 0.3) is 31.3 Å². The van der Waals surface area contributed by atoms with Crippen molar-refractivity contribution in [1.82, 2.24) is 0 Å². The molecule has 260 valence electrons. The molecule has 1 saturated carbocycles. The van der Waals surface area contributed by atoms with E-state index in [4.69, 9.17) is 6.85 Å². The van der Waals surface area contributed by atoms with Crippen LogP contribution in [0.2, 0.25) is 0 Å². The normalized spacial score (nSPS) is 26.2. The quantitative estimate of drug-likeness (QED) is 0.164. The second kappa shape index (κ2) is 10.7. The van der Waals surface area contributed by atoms with Gasteiger partial charge in [0.15, 0.2) is 0 Å². The number of anilines is 5. The molecular formula is C49H45BN2S. The van der Waals surface area contributed by atoms with E-state index in [0.717, 1.165) is 24.2 Å². The average molecular weight is 724 g/mol. The molecule has 6 aromatic carbocycles. The third-order valence-electron chi connectivity index (χ3n) is 12.2. The van der Waals surface area contributed by atoms with Gasteiger partial charge in [0, 0.05) is 48.3 Å². The van der Waals surface area contributed by atoms with Gasteiger partial charge in [0.1, 0.15) is 0 Å². The molecule has 11 rings (SSSR count). The molecule has 4 aliphatic rings. The summed E-state index contributed by atoms with van der Waals surface area (Å²) in [7, 11) is 0. The lowest BCUT2D eigenvalue weighted by Crippen LogP contribution is -2.64. The van der Waals surface area contributed by atoms with Crippen LogP contribution in [0.4, 0.5) is 28.4 Å². The molecule has 0 radical (unpaired) electrons. The Morgan fingerprint density at radius 2 is 1.45 bits per heavy atom. The highest BCUT2D eigenvalue weighted by Gasteiger charge is 2.61. The summed E-state index contributed by atoms with van der Waals surface area (Å²) < 4.78 is 180. The minimum Gasteiger partial charge on any atom is -0.335 e. The van der Waals surface area contributed by atoms with Gasteiger partial charge in [-0.1, -0.05) is 119 Å². The number of rotatable bonds is 2. The van der Waals surface area contributed by atoms with E-state index < -0.39 is 100 Å². The van der Waals surface area contributed by atoms with E-state index in [9.17, 15) is 19.2 Å². The molecule has 2 atom stereocenters. The lowest BCUT2D eigenvalue weighted by Gasteiger charge is -2.53. The molecule has 1 aromatic heterocycles. The van der Waals surface area contributed by atoms with Crippen LogP contribution in [-0.4, -0.2) is 12.3 Å². The molecule has 7 aromatic rings. The molecule has 0 amide bonds. The first-order valence-electron chi connectivity index (χ1n) is 27.6. The Kier molecular flexibility index (Phi) is 3.63. The minimum atomic E-state index is -1.34. The Bertz CT molecular complexity index is 3710. The highest BCUT2D eigenvalue weighted by molar-refractivity contribution is 7.26. The number of benzene rings is 6. The highest BCUT2D eigenvalue weighted by Crippen LogP contribution is 2.62. The van der Waals surface area contributed by atoms with Crippen molar-refractivity contribution in [3.8, 4) is 11.1 Å². The summed E-state index contributed by atoms with van der Waals surface area (Å²) in [6.07, 6.45) is 2.70. The van der Waals surface area contributed by atoms with Crippen LogP contribution in [0, 0.1) is 6.92 Å². The van der Waals surface area contributed by atoms with Gasteiger partial charge in [-0.05, 0) is 113 Å². The molecule has 4 heterocycles. The Morgan fingerprint density at radius 3 is 2.25 bits per heavy atom. The predicted octanol–water partition coefficient (Wildman–Crippen LogP) is 11.7. The van der Waals surface area contributed by atoms with Crippen LogP contribution in [0.1, 0.15) is 103 Å². The van der Waals surface area contributed by atoms with Crippen LogP contribution >= 0.6 is 11.3 Å². The molecular weight excluding hydrogens is 659 g/mol. The van der Waals surface area contributed by atoms with E-state index >= 15 is 0 Å². The molecule has 4 heteroatoms. The van der Waals surface area contributed by atoms with Crippen molar-refractivity contribution in [1.29, 1.82) is 0 Å². The second-order valence-electron chi connectivity index (χ2n) is 16.2. The first-order valence-corrected chi connectivity index (χ1v) is 18.9. The average Bonchev–Trinajstić information content (AvgIpc) is 3.82. The van der Waals surface area contributed by atoms with Crippen molar-refractivity contribution >= 4 is 83.0 Å². The topological polar surface area (TPSA) is 6.48 Å². The summed E-state index contributed by atoms with van der Waals surface area (Å²) in [6, 6.07) is -9.82. The molecule has 1 fully saturated rings. The van der Waals surface area contributed by atoms with Gasteiger partial charge in [0.2, 0.25) is 0 Å². The van der Waals surface area contributed by atoms with Crippen molar-refractivity contribution in [2.75, 3.05) is 9.80 Å². The van der Waals surface area contributed by atoms with Crippen molar-refractivity contribution < 1.29 is 26.0 Å². The van der Waals surface area contributed by atoms with Gasteiger partial charge in [0.25, 0.3) is 6.71 Å². The highest BCUT2D eigenvalue weighted by atomic mass is 32.1. The number of nitrogens with zero attached hydrogens (tertiary/aromatic N) is 2. The van der Waals surface area contributed by atoms with E-state index in [1.807, 2.05) is 39.5 Å². The Morgan fingerprint density at radius 1 is 0.717 bits per heavy atom. The number of hydrogen-bond donors (Lipinski definition) is 0. The van der Waals surface area contributed by atoms with E-state index in [0.29, 0.717) is 24.1 Å². The fourth-order valence-corrected chi connectivity index (χ4v) is 10.4. The third-order valence-corrected chi connectivity index (χ3v) is 13.2. The fraction of sp³-hybridized carbons (Fsp3) is 0.265. The maximum Gasteiger partial charge on any atom is 0.252 e. The van der Waals surface area contributed by atoms with Gasteiger partial charge in [-0.15, -0.1) is 11.3 Å². The van der Waals surface area contributed by atoms with Crippen molar-refractivity contribution in [3.63, 3.8) is 0 Å². The Balaban J connectivity index is 1.41. The number of para-hydroxylation sites is 1. The first kappa shape index (κ1) is 18.0. The molecule has 2 nitrogen and oxygen atoms in total. The van der Waals surface area contributed by atoms with Crippen LogP contribution < -0.4 is 26.2 Å². The Labute approximate surface area is 344 Å². The maximum absolute atomic E-state index is 10.1. The minimum absolute atomic E-state index is 0.0188. The third kappa shape index (κ3) is 4.11. The van der Waals surface area contributed by atoms with Crippen LogP contribution in [0.3, 0.4) is 0 Å². The summed E-state index contributed by atoms with van der Waals surface area (Å²) in [6.45, 7) is 9.73. The zero-order chi connectivity index (χ0) is 52.6. The molecule has 2 unspecified atom stereocenters. The van der Waals surface area contributed by atoms with Gasteiger partial charge in [0.05, 0.1) is 37.3 Å². The molecule has 0 saturated heterocycles. The summed E-state index contributed by atoms with van der Waals surface area (Å²) in [5.74, 6) is 0. The largest absolute Gasteiger partial charge is 0.335 e. The summed E-state index contributed by atoms with van der Waals surface area (Å²) in [5, 5.41) is 0.0518. The lowest BCUT2D eigenvalue weighted by atomic mass is 9.33. The predicted molar refractivity (Wildman–Crippen MR) is 230 cm³/mol. The summed E-state index contributed by atoms with van der Waals surface area (Å²) in [4.78, 5) is 3.26. The van der Waals surface area contributed by atoms with Crippen molar-refractivity contribution in [2.24, 2.45) is 0 Å². The maximum atomic E-state index is 10.1. The number of hydrogen-bond acceptors (Lipinski definition) is 3. The van der Waals surface area contributed by atoms with Crippen molar-refractivity contribution in [2.45, 2.75) is 83.6 Å². The molecule has 3 aliphatic heterocycles. The molecule has 0 bridgehead atoms. The molecule has 0 N–H and O–H groups in total. The van der Waals surface area contributed by atoms with Crippen LogP contribution in [0.5, 0.6) is 0 Å². The van der Waals surface area contributed by atoms with E-state index in [1.54, 1.807) is 6.92 Å². The molecule has 53 heavy (non-hydrogen) atoms. The number of thiophene rings is 1. The van der Waals surface area contributed by atoms with E-state index in [2.05, 4.69) is 0 Å². The monoisotopic (exact) mass is 723 g/mol. The molecule has 1 aliphatic carbocycles. The van der Waals surface area contributed by atoms with E-state index in [1.165, 1.54) is 4.90 Å². The smallest absolute Gasteiger partial charge is 0.252 e. The van der Waals surface area contributed by atoms with Gasteiger partial charge in [-0.3, -0.25) is 0 Å². The van der Waals surface area contributed by atoms with Gasteiger partial charge in [-0.25, -0.2) is 0 Å². The number of fused-ring (bicyclic) bond motifs is 11. The van der Waals surface area contributed by atoms with E-state index in [-0.39, 0.29) is 119 Å². The first-order chi connectivity index (χ1) is 33.5. The zero-order valence-corrected chi connectivity index (χ0v) is 31.0. The SMILES string of the molecule is [2H]c1c([2H])c([2H])c(-c2c([2H])c([2H])c(N3c4c([2H])c(C)c([2H])c5c4B(c4c([2H])c([2H])c([2H])c6c4N5C4(C)CCCCC64C)c4c([2H])c([2H])c5sc6c([2H])c(C(C)(C)C)c([2H])c([2H])c6c5c43)c([2H])c2[2H])c([2H])c1[2H]. The zero-order valence-electron chi connectivity index (χ0n) is 49.2. The van der Waals surface area contributed by atoms with Gasteiger partial charge in [-0.2, -0.15) is 0 Å². The van der Waals surface area contributed by atoms with Gasteiger partial charge < -0.3 is 9.80 Å². The summed E-state index contributed by atoms with van der Waals surface area (Å²) >= 11 is 0.947. The lowest BCUT2D eigenvalue weighted by molar-refractivity contribution is 0.195. The van der Waals surface area contributed by atoms with Crippen molar-refractivity contribution in [3.05, 3.63) is 131 Å². The molecule has 0 spiro atoms. The Hall–Kier alpha value is -4.80. The fourth-order valence-electron chi connectivity index (χ4n) is 9.41.